The number of nitrogens with two attached hydrogens (primary N) is 1. The van der Waals surface area contributed by atoms with E-state index in [0.29, 0.717) is 12.6 Å². The van der Waals surface area contributed by atoms with E-state index in [4.69, 9.17) is 10.5 Å². The van der Waals surface area contributed by atoms with Crippen molar-refractivity contribution in [3.8, 4) is 0 Å². The fourth-order valence-electron chi connectivity index (χ4n) is 2.09. The van der Waals surface area contributed by atoms with Crippen LogP contribution in [-0.4, -0.2) is 60.8 Å². The summed E-state index contributed by atoms with van der Waals surface area (Å²) in [5, 5.41) is 0. The first-order valence-electron chi connectivity index (χ1n) is 6.43. The summed E-state index contributed by atoms with van der Waals surface area (Å²) >= 11 is 0. The van der Waals surface area contributed by atoms with Crippen LogP contribution in [0.4, 0.5) is 0 Å². The zero-order valence-corrected chi connectivity index (χ0v) is 11.2. The van der Waals surface area contributed by atoms with Gasteiger partial charge in [0, 0.05) is 32.3 Å². The van der Waals surface area contributed by atoms with Gasteiger partial charge in [-0.25, -0.2) is 0 Å². The molecule has 0 radical (unpaired) electrons. The molecular formula is C12H25N3O2. The molecule has 0 saturated carbocycles. The highest BCUT2D eigenvalue weighted by Gasteiger charge is 2.28. The van der Waals surface area contributed by atoms with E-state index >= 15 is 0 Å². The van der Waals surface area contributed by atoms with Crippen LogP contribution in [0.1, 0.15) is 27.2 Å². The highest BCUT2D eigenvalue weighted by Crippen LogP contribution is 2.11. The van der Waals surface area contributed by atoms with Crippen LogP contribution in [0.15, 0.2) is 0 Å². The van der Waals surface area contributed by atoms with Gasteiger partial charge in [0.25, 0.3) is 0 Å². The van der Waals surface area contributed by atoms with Crippen LogP contribution in [0.3, 0.4) is 0 Å². The summed E-state index contributed by atoms with van der Waals surface area (Å²) in [6.45, 7) is 9.63. The second-order valence-electron chi connectivity index (χ2n) is 4.63. The van der Waals surface area contributed by atoms with Crippen LogP contribution < -0.4 is 5.73 Å². The van der Waals surface area contributed by atoms with Crippen molar-refractivity contribution in [2.75, 3.05) is 32.8 Å². The van der Waals surface area contributed by atoms with E-state index in [2.05, 4.69) is 11.8 Å². The topological polar surface area (TPSA) is 58.8 Å². The Morgan fingerprint density at radius 1 is 1.41 bits per heavy atom. The van der Waals surface area contributed by atoms with Crippen molar-refractivity contribution in [1.82, 2.24) is 9.80 Å². The largest absolute Gasteiger partial charge is 0.382 e. The minimum atomic E-state index is -0.177. The summed E-state index contributed by atoms with van der Waals surface area (Å²) in [5.74, 6) is 0.134. The minimum Gasteiger partial charge on any atom is -0.382 e. The number of nitrogens with zero attached hydrogens (tertiary/aromatic N) is 2. The Balaban J connectivity index is 2.35. The van der Waals surface area contributed by atoms with Gasteiger partial charge in [0.05, 0.1) is 12.7 Å². The molecule has 1 amide bonds. The van der Waals surface area contributed by atoms with Gasteiger partial charge < -0.3 is 15.4 Å². The van der Waals surface area contributed by atoms with Crippen LogP contribution in [0.5, 0.6) is 0 Å². The van der Waals surface area contributed by atoms with E-state index in [0.717, 1.165) is 32.7 Å². The monoisotopic (exact) mass is 243 g/mol. The summed E-state index contributed by atoms with van der Waals surface area (Å²) < 4.78 is 5.34. The van der Waals surface area contributed by atoms with Gasteiger partial charge in [0.15, 0.2) is 0 Å². The molecule has 2 unspecified atom stereocenters. The van der Waals surface area contributed by atoms with Crippen molar-refractivity contribution in [2.24, 2.45) is 5.73 Å². The maximum atomic E-state index is 11.9. The minimum absolute atomic E-state index is 0.134. The number of ether oxygens (including phenoxy) is 1. The molecule has 0 aromatic carbocycles. The Hall–Kier alpha value is -0.650. The van der Waals surface area contributed by atoms with Crippen molar-refractivity contribution in [2.45, 2.75) is 39.4 Å². The second-order valence-corrected chi connectivity index (χ2v) is 4.63. The van der Waals surface area contributed by atoms with E-state index in [-0.39, 0.29) is 12.1 Å². The lowest BCUT2D eigenvalue weighted by molar-refractivity contribution is -0.139. The standard InChI is InChI=1S/C12H25N3O2/c1-4-17-8-5-10(2)14-6-7-15(11(3)13)12(16)9-14/h10-11H,4-9,13H2,1-3H3. The maximum absolute atomic E-state index is 11.9. The number of amides is 1. The molecule has 1 rings (SSSR count). The average molecular weight is 243 g/mol. The quantitative estimate of drug-likeness (QED) is 0.679. The fraction of sp³-hybridized carbons (Fsp3) is 0.917. The Bertz CT molecular complexity index is 246. The van der Waals surface area contributed by atoms with Gasteiger partial charge in [-0.1, -0.05) is 0 Å². The van der Waals surface area contributed by atoms with Crippen molar-refractivity contribution in [1.29, 1.82) is 0 Å². The summed E-state index contributed by atoms with van der Waals surface area (Å²) in [6.07, 6.45) is 0.794. The van der Waals surface area contributed by atoms with E-state index < -0.39 is 0 Å². The Morgan fingerprint density at radius 2 is 2.12 bits per heavy atom. The van der Waals surface area contributed by atoms with Gasteiger partial charge >= 0.3 is 0 Å². The van der Waals surface area contributed by atoms with E-state index in [1.165, 1.54) is 0 Å². The van der Waals surface area contributed by atoms with Crippen molar-refractivity contribution in [3.05, 3.63) is 0 Å². The highest BCUT2D eigenvalue weighted by molar-refractivity contribution is 5.79. The molecule has 100 valence electrons. The van der Waals surface area contributed by atoms with Crippen LogP contribution in [0.25, 0.3) is 0 Å². The Morgan fingerprint density at radius 3 is 2.65 bits per heavy atom. The van der Waals surface area contributed by atoms with Crippen molar-refractivity contribution >= 4 is 5.91 Å². The van der Waals surface area contributed by atoms with Crippen LogP contribution in [-0.2, 0) is 9.53 Å². The molecule has 1 fully saturated rings. The van der Waals surface area contributed by atoms with Crippen molar-refractivity contribution in [3.63, 3.8) is 0 Å². The molecule has 0 spiro atoms. The summed E-state index contributed by atoms with van der Waals surface area (Å²) in [5.41, 5.74) is 5.74. The third kappa shape index (κ3) is 4.26. The summed E-state index contributed by atoms with van der Waals surface area (Å²) in [4.78, 5) is 15.8. The van der Waals surface area contributed by atoms with E-state index in [1.807, 2.05) is 13.8 Å². The molecule has 0 aliphatic carbocycles. The number of hydrogen-bond donors (Lipinski definition) is 1. The van der Waals surface area contributed by atoms with Gasteiger partial charge in [-0.15, -0.1) is 0 Å². The van der Waals surface area contributed by atoms with Crippen LogP contribution >= 0.6 is 0 Å². The average Bonchev–Trinajstić information content (AvgIpc) is 2.28. The van der Waals surface area contributed by atoms with Gasteiger partial charge in [-0.2, -0.15) is 0 Å². The summed E-state index contributed by atoms with van der Waals surface area (Å²) in [6, 6.07) is 0.390. The first kappa shape index (κ1) is 14.4. The third-order valence-electron chi connectivity index (χ3n) is 3.29. The molecule has 0 bridgehead atoms. The molecule has 1 aliphatic heterocycles. The zero-order valence-electron chi connectivity index (χ0n) is 11.2. The number of hydrogen-bond acceptors (Lipinski definition) is 4. The Labute approximate surface area is 104 Å². The molecule has 1 heterocycles. The summed E-state index contributed by atoms with van der Waals surface area (Å²) in [7, 11) is 0. The predicted molar refractivity (Wildman–Crippen MR) is 67.5 cm³/mol. The molecule has 5 nitrogen and oxygen atoms in total. The number of rotatable bonds is 6. The molecule has 17 heavy (non-hydrogen) atoms. The van der Waals surface area contributed by atoms with Gasteiger partial charge in [-0.3, -0.25) is 9.69 Å². The lowest BCUT2D eigenvalue weighted by atomic mass is 10.1. The van der Waals surface area contributed by atoms with Gasteiger partial charge in [0.1, 0.15) is 0 Å². The van der Waals surface area contributed by atoms with E-state index in [9.17, 15) is 4.79 Å². The SMILES string of the molecule is CCOCCC(C)N1CCN(C(C)N)C(=O)C1. The number of carbonyl (C=O) groups is 1. The third-order valence-corrected chi connectivity index (χ3v) is 3.29. The van der Waals surface area contributed by atoms with Gasteiger partial charge in [0.2, 0.25) is 5.91 Å². The fourth-order valence-corrected chi connectivity index (χ4v) is 2.09. The Kier molecular flexibility index (Phi) is 5.88. The lowest BCUT2D eigenvalue weighted by Gasteiger charge is -2.39. The smallest absolute Gasteiger partial charge is 0.238 e. The molecule has 2 atom stereocenters. The number of piperazine rings is 1. The highest BCUT2D eigenvalue weighted by atomic mass is 16.5. The van der Waals surface area contributed by atoms with E-state index in [1.54, 1.807) is 4.90 Å². The van der Waals surface area contributed by atoms with Crippen molar-refractivity contribution < 1.29 is 9.53 Å². The lowest BCUT2D eigenvalue weighted by Crippen LogP contribution is -2.57. The molecule has 1 saturated heterocycles. The van der Waals surface area contributed by atoms with Gasteiger partial charge in [-0.05, 0) is 27.2 Å². The first-order valence-corrected chi connectivity index (χ1v) is 6.43. The maximum Gasteiger partial charge on any atom is 0.238 e. The van der Waals surface area contributed by atoms with Crippen LogP contribution in [0, 0.1) is 0 Å². The molecule has 1 aliphatic rings. The number of carbonyl (C=O) groups excluding carboxylic acids is 1. The first-order chi connectivity index (χ1) is 8.06. The normalized spacial score (nSPS) is 21.6. The van der Waals surface area contributed by atoms with Crippen LogP contribution in [0.2, 0.25) is 0 Å². The second kappa shape index (κ2) is 6.93. The molecule has 2 N–H and O–H groups in total. The predicted octanol–water partition coefficient (Wildman–Crippen LogP) is 0.250. The molecule has 0 aromatic heterocycles. The molecular weight excluding hydrogens is 218 g/mol. The molecule has 0 aromatic rings. The zero-order chi connectivity index (χ0) is 12.8. The molecule has 5 heteroatoms.